The molecule has 2 aromatic heterocycles. The number of hydrogen-bond acceptors (Lipinski definition) is 2. The van der Waals surface area contributed by atoms with E-state index in [1.54, 1.807) is 0 Å². The van der Waals surface area contributed by atoms with Gasteiger partial charge in [-0.15, -0.1) is 0 Å². The molecule has 0 radical (unpaired) electrons. The molecule has 3 aromatic carbocycles. The van der Waals surface area contributed by atoms with E-state index in [0.29, 0.717) is 0 Å². The van der Waals surface area contributed by atoms with Crippen LogP contribution in [0.25, 0.3) is 44.3 Å². The highest BCUT2D eigenvalue weighted by atomic mass is 16.3. The van der Waals surface area contributed by atoms with E-state index in [1.807, 2.05) is 24.4 Å². The second-order valence-electron chi connectivity index (χ2n) is 6.72. The van der Waals surface area contributed by atoms with Gasteiger partial charge in [-0.25, -0.2) is 0 Å². The number of aryl methyl sites for hydroxylation is 1. The normalized spacial score (nSPS) is 11.3. The van der Waals surface area contributed by atoms with E-state index in [0.717, 1.165) is 34.4 Å². The summed E-state index contributed by atoms with van der Waals surface area (Å²) in [5.41, 5.74) is 7.47. The Bertz CT molecular complexity index is 1250. The van der Waals surface area contributed by atoms with Crippen molar-refractivity contribution in [2.45, 2.75) is 13.3 Å². The first-order valence-corrected chi connectivity index (χ1v) is 9.30. The molecule has 5 aromatic rings. The minimum Gasteiger partial charge on any atom is -0.455 e. The van der Waals surface area contributed by atoms with Crippen molar-refractivity contribution in [2.24, 2.45) is 0 Å². The van der Waals surface area contributed by atoms with Crippen LogP contribution in [0.5, 0.6) is 0 Å². The summed E-state index contributed by atoms with van der Waals surface area (Å²) in [5, 5.41) is 2.38. The molecule has 130 valence electrons. The topological polar surface area (TPSA) is 26.0 Å². The van der Waals surface area contributed by atoms with Crippen LogP contribution < -0.4 is 0 Å². The van der Waals surface area contributed by atoms with Crippen molar-refractivity contribution in [2.75, 3.05) is 0 Å². The zero-order valence-corrected chi connectivity index (χ0v) is 15.1. The van der Waals surface area contributed by atoms with E-state index in [4.69, 9.17) is 4.42 Å². The number of pyridine rings is 1. The number of para-hydroxylation sites is 1. The van der Waals surface area contributed by atoms with Gasteiger partial charge in [0.1, 0.15) is 11.2 Å². The molecule has 5 rings (SSSR count). The van der Waals surface area contributed by atoms with E-state index < -0.39 is 0 Å². The molecule has 0 aliphatic rings. The fraction of sp³-hybridized carbons (Fsp3) is 0.0800. The third kappa shape index (κ3) is 2.61. The van der Waals surface area contributed by atoms with Gasteiger partial charge in [-0.05, 0) is 47.4 Å². The number of benzene rings is 3. The van der Waals surface area contributed by atoms with Crippen LogP contribution in [0.4, 0.5) is 0 Å². The average molecular weight is 349 g/mol. The number of furan rings is 1. The van der Waals surface area contributed by atoms with Crippen molar-refractivity contribution in [3.8, 4) is 22.4 Å². The van der Waals surface area contributed by atoms with E-state index >= 15 is 0 Å². The van der Waals surface area contributed by atoms with Gasteiger partial charge >= 0.3 is 0 Å². The summed E-state index contributed by atoms with van der Waals surface area (Å²) in [6.45, 7) is 2.19. The maximum Gasteiger partial charge on any atom is 0.145 e. The first-order valence-electron chi connectivity index (χ1n) is 9.30. The van der Waals surface area contributed by atoms with Crippen molar-refractivity contribution in [1.82, 2.24) is 4.98 Å². The Kier molecular flexibility index (Phi) is 3.75. The summed E-state index contributed by atoms with van der Waals surface area (Å²) >= 11 is 0. The maximum atomic E-state index is 6.29. The molecule has 0 amide bonds. The predicted octanol–water partition coefficient (Wildman–Crippen LogP) is 6.88. The smallest absolute Gasteiger partial charge is 0.145 e. The zero-order valence-electron chi connectivity index (χ0n) is 15.1. The number of rotatable bonds is 3. The lowest BCUT2D eigenvalue weighted by molar-refractivity contribution is 0.669. The van der Waals surface area contributed by atoms with E-state index in [1.165, 1.54) is 21.9 Å². The first-order chi connectivity index (χ1) is 13.3. The van der Waals surface area contributed by atoms with Crippen molar-refractivity contribution in [1.29, 1.82) is 0 Å². The lowest BCUT2D eigenvalue weighted by Gasteiger charge is -2.08. The lowest BCUT2D eigenvalue weighted by Crippen LogP contribution is -1.89. The Morgan fingerprint density at radius 1 is 0.815 bits per heavy atom. The highest BCUT2D eigenvalue weighted by molar-refractivity contribution is 6.11. The fourth-order valence-electron chi connectivity index (χ4n) is 3.78. The van der Waals surface area contributed by atoms with Gasteiger partial charge in [0.15, 0.2) is 0 Å². The van der Waals surface area contributed by atoms with Crippen LogP contribution in [-0.2, 0) is 6.42 Å². The van der Waals surface area contributed by atoms with Crippen molar-refractivity contribution in [3.05, 3.63) is 90.6 Å². The van der Waals surface area contributed by atoms with Gasteiger partial charge in [-0.2, -0.15) is 0 Å². The number of fused-ring (bicyclic) bond motifs is 3. The SMILES string of the molecule is CCc1ccc(-c2cc(-c3ccccc3)ccn2)c2oc3ccccc3c12. The van der Waals surface area contributed by atoms with Gasteiger partial charge in [-0.1, -0.05) is 61.5 Å². The Morgan fingerprint density at radius 2 is 1.63 bits per heavy atom. The monoisotopic (exact) mass is 349 g/mol. The number of hydrogen-bond donors (Lipinski definition) is 0. The molecule has 0 saturated heterocycles. The minimum absolute atomic E-state index is 0.924. The van der Waals surface area contributed by atoms with Crippen molar-refractivity contribution in [3.63, 3.8) is 0 Å². The molecule has 0 bridgehead atoms. The van der Waals surface area contributed by atoms with Crippen molar-refractivity contribution < 1.29 is 4.42 Å². The second-order valence-corrected chi connectivity index (χ2v) is 6.72. The largest absolute Gasteiger partial charge is 0.455 e. The van der Waals surface area contributed by atoms with Gasteiger partial charge < -0.3 is 4.42 Å². The molecule has 0 aliphatic heterocycles. The molecule has 0 atom stereocenters. The van der Waals surface area contributed by atoms with Crippen LogP contribution in [0.1, 0.15) is 12.5 Å². The molecule has 0 saturated carbocycles. The van der Waals surface area contributed by atoms with Gasteiger partial charge in [-0.3, -0.25) is 4.98 Å². The maximum absolute atomic E-state index is 6.29. The van der Waals surface area contributed by atoms with Crippen molar-refractivity contribution >= 4 is 21.9 Å². The first kappa shape index (κ1) is 15.8. The van der Waals surface area contributed by atoms with Gasteiger partial charge in [0.05, 0.1) is 5.69 Å². The Labute approximate surface area is 158 Å². The molecule has 0 N–H and O–H groups in total. The van der Waals surface area contributed by atoms with Crippen LogP contribution in [0.3, 0.4) is 0 Å². The highest BCUT2D eigenvalue weighted by Gasteiger charge is 2.16. The molecule has 2 nitrogen and oxygen atoms in total. The molecule has 27 heavy (non-hydrogen) atoms. The molecular formula is C25H19NO. The lowest BCUT2D eigenvalue weighted by atomic mass is 9.98. The molecular weight excluding hydrogens is 330 g/mol. The third-order valence-corrected chi connectivity index (χ3v) is 5.14. The minimum atomic E-state index is 0.924. The predicted molar refractivity (Wildman–Crippen MR) is 112 cm³/mol. The molecule has 0 fully saturated rings. The summed E-state index contributed by atoms with van der Waals surface area (Å²) < 4.78 is 6.29. The summed E-state index contributed by atoms with van der Waals surface area (Å²) in [6, 6.07) is 27.2. The van der Waals surface area contributed by atoms with Crippen LogP contribution in [0.2, 0.25) is 0 Å². The number of aromatic nitrogens is 1. The fourth-order valence-corrected chi connectivity index (χ4v) is 3.78. The second kappa shape index (κ2) is 6.40. The quantitative estimate of drug-likeness (QED) is 0.355. The van der Waals surface area contributed by atoms with E-state index in [9.17, 15) is 0 Å². The summed E-state index contributed by atoms with van der Waals surface area (Å²) in [4.78, 5) is 4.65. The molecule has 0 unspecified atom stereocenters. The van der Waals surface area contributed by atoms with Gasteiger partial charge in [0.2, 0.25) is 0 Å². The summed E-state index contributed by atoms with van der Waals surface area (Å²) in [5.74, 6) is 0. The van der Waals surface area contributed by atoms with E-state index in [2.05, 4.69) is 72.6 Å². The molecule has 0 spiro atoms. The molecule has 2 heteroatoms. The molecule has 0 aliphatic carbocycles. The van der Waals surface area contributed by atoms with E-state index in [-0.39, 0.29) is 0 Å². The Balaban J connectivity index is 1.77. The number of nitrogens with zero attached hydrogens (tertiary/aromatic N) is 1. The van der Waals surface area contributed by atoms with Crippen LogP contribution in [0.15, 0.2) is 89.5 Å². The van der Waals surface area contributed by atoms with Crippen LogP contribution in [0, 0.1) is 0 Å². The van der Waals surface area contributed by atoms with Gasteiger partial charge in [0, 0.05) is 22.5 Å². The Hall–Kier alpha value is -3.39. The summed E-state index contributed by atoms with van der Waals surface area (Å²) in [7, 11) is 0. The van der Waals surface area contributed by atoms with Crippen LogP contribution in [-0.4, -0.2) is 4.98 Å². The van der Waals surface area contributed by atoms with Gasteiger partial charge in [0.25, 0.3) is 0 Å². The Morgan fingerprint density at radius 3 is 2.48 bits per heavy atom. The zero-order chi connectivity index (χ0) is 18.2. The highest BCUT2D eigenvalue weighted by Crippen LogP contribution is 2.38. The third-order valence-electron chi connectivity index (χ3n) is 5.14. The summed E-state index contributed by atoms with van der Waals surface area (Å²) in [6.07, 6.45) is 2.84. The van der Waals surface area contributed by atoms with Crippen LogP contribution >= 0.6 is 0 Å². The average Bonchev–Trinajstić information content (AvgIpc) is 3.13. The standard InChI is InChI=1S/C25H19NO/c1-2-17-12-13-20(25-24(17)21-10-6-7-11-23(21)27-25)22-16-19(14-15-26-22)18-8-4-3-5-9-18/h3-16H,2H2,1H3. The molecule has 2 heterocycles.